The largest absolute Gasteiger partial charge is 0.383 e. The Bertz CT molecular complexity index is 1180. The second kappa shape index (κ2) is 8.96. The molecule has 0 spiro atoms. The van der Waals surface area contributed by atoms with E-state index in [4.69, 9.17) is 18.0 Å². The molecule has 0 saturated heterocycles. The zero-order chi connectivity index (χ0) is 21.8. The average Bonchev–Trinajstić information content (AvgIpc) is 2.71. The summed E-state index contributed by atoms with van der Waals surface area (Å²) in [4.78, 5) is 29.0. The van der Waals surface area contributed by atoms with Crippen molar-refractivity contribution in [3.63, 3.8) is 0 Å². The summed E-state index contributed by atoms with van der Waals surface area (Å²) in [6.07, 6.45) is 0. The van der Waals surface area contributed by atoms with Gasteiger partial charge in [0.25, 0.3) is 5.56 Å². The summed E-state index contributed by atoms with van der Waals surface area (Å²) in [6.45, 7) is 6.55. The van der Waals surface area contributed by atoms with Crippen LogP contribution in [0.1, 0.15) is 23.6 Å². The van der Waals surface area contributed by atoms with Crippen molar-refractivity contribution >= 4 is 34.5 Å². The van der Waals surface area contributed by atoms with Gasteiger partial charge in [-0.05, 0) is 61.8 Å². The monoisotopic (exact) mass is 423 g/mol. The third-order valence-electron chi connectivity index (χ3n) is 4.99. The third kappa shape index (κ3) is 4.44. The smallest absolute Gasteiger partial charge is 0.330 e. The Morgan fingerprint density at radius 2 is 1.83 bits per heavy atom. The van der Waals surface area contributed by atoms with Crippen LogP contribution >= 0.6 is 12.2 Å². The number of aryl methyl sites for hydroxylation is 2. The van der Waals surface area contributed by atoms with Crippen LogP contribution < -0.4 is 27.2 Å². The Morgan fingerprint density at radius 1 is 1.13 bits per heavy atom. The maximum Gasteiger partial charge on any atom is 0.330 e. The van der Waals surface area contributed by atoms with E-state index in [9.17, 15) is 9.59 Å². The fraction of sp³-hybridized carbons (Fsp3) is 0.227. The van der Waals surface area contributed by atoms with E-state index in [1.807, 2.05) is 69.3 Å². The van der Waals surface area contributed by atoms with Crippen LogP contribution in [0.3, 0.4) is 0 Å². The van der Waals surface area contributed by atoms with Crippen molar-refractivity contribution in [1.82, 2.24) is 9.55 Å². The van der Waals surface area contributed by atoms with Gasteiger partial charge in [0.1, 0.15) is 5.82 Å². The molecule has 0 aliphatic rings. The first-order valence-corrected chi connectivity index (χ1v) is 10.0. The highest BCUT2D eigenvalue weighted by molar-refractivity contribution is 7.80. The number of hydrogen-bond acceptors (Lipinski definition) is 4. The SMILES string of the molecule is CCN(C(=S)Nc1ccc(C)c(C)c1)c1c(N)n(Cc2ccccc2)c(=O)[nH]c1=O. The van der Waals surface area contributed by atoms with Gasteiger partial charge in [-0.15, -0.1) is 0 Å². The second-order valence-corrected chi connectivity index (χ2v) is 7.43. The van der Waals surface area contributed by atoms with Crippen LogP contribution in [0.4, 0.5) is 17.2 Å². The number of aromatic nitrogens is 2. The fourth-order valence-corrected chi connectivity index (χ4v) is 3.51. The van der Waals surface area contributed by atoms with E-state index in [2.05, 4.69) is 10.3 Å². The molecule has 2 aromatic carbocycles. The third-order valence-corrected chi connectivity index (χ3v) is 5.31. The van der Waals surface area contributed by atoms with Gasteiger partial charge in [-0.1, -0.05) is 36.4 Å². The van der Waals surface area contributed by atoms with Crippen molar-refractivity contribution in [3.8, 4) is 0 Å². The maximum atomic E-state index is 12.6. The molecule has 0 atom stereocenters. The molecular formula is C22H25N5O2S. The molecule has 0 saturated carbocycles. The summed E-state index contributed by atoms with van der Waals surface area (Å²) in [5, 5.41) is 3.48. The molecule has 0 aliphatic heterocycles. The number of thiocarbonyl (C=S) groups is 1. The van der Waals surface area contributed by atoms with Crippen LogP contribution in [0.2, 0.25) is 0 Å². The Kier molecular flexibility index (Phi) is 6.37. The Labute approximate surface area is 180 Å². The zero-order valence-electron chi connectivity index (χ0n) is 17.2. The van der Waals surface area contributed by atoms with Gasteiger partial charge in [-0.3, -0.25) is 14.3 Å². The normalized spacial score (nSPS) is 10.6. The molecule has 4 N–H and O–H groups in total. The molecule has 0 bridgehead atoms. The van der Waals surface area contributed by atoms with Gasteiger partial charge in [0.15, 0.2) is 10.8 Å². The van der Waals surface area contributed by atoms with Crippen molar-refractivity contribution < 1.29 is 0 Å². The average molecular weight is 424 g/mol. The van der Waals surface area contributed by atoms with Crippen LogP contribution in [0.5, 0.6) is 0 Å². The van der Waals surface area contributed by atoms with Gasteiger partial charge in [-0.25, -0.2) is 4.79 Å². The lowest BCUT2D eigenvalue weighted by molar-refractivity contribution is 0.730. The molecule has 3 rings (SSSR count). The van der Waals surface area contributed by atoms with Crippen LogP contribution in [0.15, 0.2) is 58.1 Å². The van der Waals surface area contributed by atoms with Crippen molar-refractivity contribution in [2.45, 2.75) is 27.3 Å². The van der Waals surface area contributed by atoms with Gasteiger partial charge >= 0.3 is 5.69 Å². The van der Waals surface area contributed by atoms with Gasteiger partial charge in [0, 0.05) is 12.2 Å². The maximum absolute atomic E-state index is 12.6. The zero-order valence-corrected chi connectivity index (χ0v) is 18.0. The lowest BCUT2D eigenvalue weighted by Crippen LogP contribution is -2.42. The van der Waals surface area contributed by atoms with E-state index in [-0.39, 0.29) is 18.1 Å². The minimum absolute atomic E-state index is 0.0682. The quantitative estimate of drug-likeness (QED) is 0.546. The molecule has 0 unspecified atom stereocenters. The fourth-order valence-electron chi connectivity index (χ4n) is 3.17. The molecule has 8 heteroatoms. The summed E-state index contributed by atoms with van der Waals surface area (Å²) < 4.78 is 1.34. The van der Waals surface area contributed by atoms with Crippen molar-refractivity contribution in [3.05, 3.63) is 86.1 Å². The topological polar surface area (TPSA) is 96.2 Å². The van der Waals surface area contributed by atoms with E-state index < -0.39 is 11.2 Å². The molecule has 0 fully saturated rings. The summed E-state index contributed by atoms with van der Waals surface area (Å²) in [5.41, 5.74) is 9.31. The Hall–Kier alpha value is -3.39. The van der Waals surface area contributed by atoms with Gasteiger partial charge in [0.2, 0.25) is 0 Å². The molecule has 30 heavy (non-hydrogen) atoms. The van der Waals surface area contributed by atoms with Crippen LogP contribution in [0.25, 0.3) is 0 Å². The molecule has 1 aromatic heterocycles. The lowest BCUT2D eigenvalue weighted by atomic mass is 10.1. The molecule has 7 nitrogen and oxygen atoms in total. The van der Waals surface area contributed by atoms with Crippen molar-refractivity contribution in [1.29, 1.82) is 0 Å². The predicted octanol–water partition coefficient (Wildman–Crippen LogP) is 3.01. The summed E-state index contributed by atoms with van der Waals surface area (Å²) in [7, 11) is 0. The highest BCUT2D eigenvalue weighted by atomic mass is 32.1. The number of nitrogens with zero attached hydrogens (tertiary/aromatic N) is 2. The molecular weight excluding hydrogens is 398 g/mol. The summed E-state index contributed by atoms with van der Waals surface area (Å²) >= 11 is 5.56. The number of benzene rings is 2. The van der Waals surface area contributed by atoms with E-state index >= 15 is 0 Å². The molecule has 0 aliphatic carbocycles. The summed E-state index contributed by atoms with van der Waals surface area (Å²) in [6, 6.07) is 15.3. The van der Waals surface area contributed by atoms with E-state index in [0.717, 1.165) is 16.8 Å². The Balaban J connectivity index is 1.98. The van der Waals surface area contributed by atoms with Crippen LogP contribution in [-0.4, -0.2) is 21.2 Å². The Morgan fingerprint density at radius 3 is 2.47 bits per heavy atom. The highest BCUT2D eigenvalue weighted by Crippen LogP contribution is 2.20. The first-order chi connectivity index (χ1) is 14.3. The minimum Gasteiger partial charge on any atom is -0.383 e. The number of hydrogen-bond donors (Lipinski definition) is 3. The van der Waals surface area contributed by atoms with Gasteiger partial charge in [-0.2, -0.15) is 0 Å². The molecule has 156 valence electrons. The second-order valence-electron chi connectivity index (χ2n) is 7.04. The number of aromatic amines is 1. The van der Waals surface area contributed by atoms with E-state index in [1.165, 1.54) is 10.1 Å². The van der Waals surface area contributed by atoms with Crippen LogP contribution in [-0.2, 0) is 6.54 Å². The summed E-state index contributed by atoms with van der Waals surface area (Å²) in [5.74, 6) is 0.0682. The first-order valence-electron chi connectivity index (χ1n) is 9.64. The standard InChI is InChI=1S/C22H25N5O2S/c1-4-26(22(30)24-17-11-10-14(2)15(3)12-17)18-19(23)27(21(29)25-20(18)28)13-16-8-6-5-7-9-16/h5-12H,4,13,23H2,1-3H3,(H,24,30)(H,25,28,29). The van der Waals surface area contributed by atoms with Crippen LogP contribution in [0, 0.1) is 13.8 Å². The lowest BCUT2D eigenvalue weighted by Gasteiger charge is -2.26. The van der Waals surface area contributed by atoms with Gasteiger partial charge in [0.05, 0.1) is 6.54 Å². The number of H-pyrrole nitrogens is 1. The molecule has 0 amide bonds. The highest BCUT2D eigenvalue weighted by Gasteiger charge is 2.21. The van der Waals surface area contributed by atoms with Gasteiger partial charge < -0.3 is 16.0 Å². The van der Waals surface area contributed by atoms with E-state index in [0.29, 0.717) is 11.7 Å². The predicted molar refractivity (Wildman–Crippen MR) is 126 cm³/mol. The number of rotatable bonds is 5. The number of nitrogens with one attached hydrogen (secondary N) is 2. The molecule has 3 aromatic rings. The number of anilines is 3. The molecule has 1 heterocycles. The van der Waals surface area contributed by atoms with Crippen molar-refractivity contribution in [2.75, 3.05) is 22.5 Å². The minimum atomic E-state index is -0.576. The van der Waals surface area contributed by atoms with Crippen molar-refractivity contribution in [2.24, 2.45) is 0 Å². The first kappa shape index (κ1) is 21.3. The number of nitrogens with two attached hydrogens (primary N) is 1. The number of nitrogen functional groups attached to an aromatic ring is 1. The van der Waals surface area contributed by atoms with E-state index in [1.54, 1.807) is 4.90 Å². The molecule has 0 radical (unpaired) electrons.